The maximum Gasteiger partial charge on any atom is 0.118 e. The van der Waals surface area contributed by atoms with Crippen molar-refractivity contribution in [2.75, 3.05) is 0 Å². The smallest absolute Gasteiger partial charge is 0.118 e. The van der Waals surface area contributed by atoms with Crippen LogP contribution in [0.5, 0.6) is 5.75 Å². The zero-order valence-corrected chi connectivity index (χ0v) is 17.9. The lowest BCUT2D eigenvalue weighted by molar-refractivity contribution is 0.449. The lowest BCUT2D eigenvalue weighted by Crippen LogP contribution is -2.23. The maximum atomic E-state index is 10.3. The minimum atomic E-state index is 0.00114. The normalized spacial score (nSPS) is 11.7. The first kappa shape index (κ1) is 21.5. The van der Waals surface area contributed by atoms with Crippen LogP contribution in [0, 0.1) is 0 Å². The SMILES string of the molecule is CCCCCc1cccc(C(C)(C)Cc2ccccc2O)c1CCCCC. The molecule has 0 saturated heterocycles. The fourth-order valence-corrected chi connectivity index (χ4v) is 4.15. The molecule has 0 heterocycles. The Morgan fingerprint density at radius 2 is 1.37 bits per heavy atom. The topological polar surface area (TPSA) is 20.2 Å². The van der Waals surface area contributed by atoms with Crippen molar-refractivity contribution >= 4 is 0 Å². The van der Waals surface area contributed by atoms with Crippen LogP contribution in [0.15, 0.2) is 42.5 Å². The number of benzene rings is 2. The number of para-hydroxylation sites is 1. The van der Waals surface area contributed by atoms with Crippen molar-refractivity contribution < 1.29 is 5.11 Å². The molecule has 0 amide bonds. The van der Waals surface area contributed by atoms with Gasteiger partial charge in [-0.15, -0.1) is 0 Å². The largest absolute Gasteiger partial charge is 0.508 e. The van der Waals surface area contributed by atoms with Gasteiger partial charge in [-0.3, -0.25) is 0 Å². The monoisotopic (exact) mass is 366 g/mol. The van der Waals surface area contributed by atoms with Gasteiger partial charge in [-0.2, -0.15) is 0 Å². The van der Waals surface area contributed by atoms with Crippen molar-refractivity contribution in [2.45, 2.75) is 90.9 Å². The summed E-state index contributed by atoms with van der Waals surface area (Å²) in [5, 5.41) is 10.3. The molecule has 1 N–H and O–H groups in total. The fraction of sp³-hybridized carbons (Fsp3) is 0.538. The number of aryl methyl sites for hydroxylation is 1. The number of phenolic OH excluding ortho intramolecular Hbond substituents is 1. The number of aromatic hydroxyl groups is 1. The highest BCUT2D eigenvalue weighted by Gasteiger charge is 2.26. The Labute approximate surface area is 166 Å². The van der Waals surface area contributed by atoms with E-state index >= 15 is 0 Å². The summed E-state index contributed by atoms with van der Waals surface area (Å²) in [7, 11) is 0. The van der Waals surface area contributed by atoms with Gasteiger partial charge in [0.2, 0.25) is 0 Å². The van der Waals surface area contributed by atoms with Gasteiger partial charge in [-0.1, -0.05) is 89.8 Å². The molecule has 0 aliphatic carbocycles. The van der Waals surface area contributed by atoms with E-state index in [1.165, 1.54) is 56.9 Å². The highest BCUT2D eigenvalue weighted by atomic mass is 16.3. The van der Waals surface area contributed by atoms with Gasteiger partial charge in [-0.05, 0) is 65.8 Å². The maximum absolute atomic E-state index is 10.3. The molecule has 1 heteroatoms. The van der Waals surface area contributed by atoms with E-state index in [2.05, 4.69) is 52.0 Å². The Morgan fingerprint density at radius 1 is 0.741 bits per heavy atom. The van der Waals surface area contributed by atoms with E-state index in [9.17, 15) is 5.11 Å². The lowest BCUT2D eigenvalue weighted by Gasteiger charge is -2.30. The van der Waals surface area contributed by atoms with Gasteiger partial charge in [0.15, 0.2) is 0 Å². The molecular formula is C26H38O. The standard InChI is InChI=1S/C26H38O/c1-5-7-9-14-21-16-13-18-24(23(21)17-10-8-6-2)26(3,4)20-22-15-11-12-19-25(22)27/h11-13,15-16,18-19,27H,5-10,14,17,20H2,1-4H3. The summed E-state index contributed by atoms with van der Waals surface area (Å²) < 4.78 is 0. The third-order valence-electron chi connectivity index (χ3n) is 5.71. The van der Waals surface area contributed by atoms with Crippen molar-refractivity contribution in [3.8, 4) is 5.75 Å². The summed E-state index contributed by atoms with van der Waals surface area (Å²) in [6, 6.07) is 14.7. The fourth-order valence-electron chi connectivity index (χ4n) is 4.15. The predicted octanol–water partition coefficient (Wildman–Crippen LogP) is 7.38. The third kappa shape index (κ3) is 6.13. The van der Waals surface area contributed by atoms with Crippen molar-refractivity contribution in [1.82, 2.24) is 0 Å². The Morgan fingerprint density at radius 3 is 2.04 bits per heavy atom. The Hall–Kier alpha value is -1.76. The zero-order chi connectivity index (χ0) is 19.7. The predicted molar refractivity (Wildman–Crippen MR) is 118 cm³/mol. The van der Waals surface area contributed by atoms with Gasteiger partial charge in [0.1, 0.15) is 5.75 Å². The van der Waals surface area contributed by atoms with Gasteiger partial charge in [0, 0.05) is 0 Å². The second-order valence-electron chi connectivity index (χ2n) is 8.55. The first-order chi connectivity index (χ1) is 13.0. The molecule has 0 spiro atoms. The second kappa shape index (κ2) is 10.5. The third-order valence-corrected chi connectivity index (χ3v) is 5.71. The number of unbranched alkanes of at least 4 members (excludes halogenated alkanes) is 4. The Kier molecular flexibility index (Phi) is 8.41. The number of hydrogen-bond donors (Lipinski definition) is 1. The summed E-state index contributed by atoms with van der Waals surface area (Å²) in [4.78, 5) is 0. The van der Waals surface area contributed by atoms with Crippen molar-refractivity contribution in [3.63, 3.8) is 0 Å². The first-order valence-electron chi connectivity index (χ1n) is 10.9. The molecule has 0 fully saturated rings. The molecule has 0 saturated carbocycles. The molecule has 2 rings (SSSR count). The average molecular weight is 367 g/mol. The van der Waals surface area contributed by atoms with E-state index in [4.69, 9.17) is 0 Å². The molecule has 1 nitrogen and oxygen atoms in total. The average Bonchev–Trinajstić information content (AvgIpc) is 2.64. The van der Waals surface area contributed by atoms with Gasteiger partial charge in [0.25, 0.3) is 0 Å². The second-order valence-corrected chi connectivity index (χ2v) is 8.55. The van der Waals surface area contributed by atoms with Crippen LogP contribution < -0.4 is 0 Å². The molecule has 0 radical (unpaired) electrons. The summed E-state index contributed by atoms with van der Waals surface area (Å²) in [5.74, 6) is 0.414. The van der Waals surface area contributed by atoms with Gasteiger partial charge < -0.3 is 5.11 Å². The van der Waals surface area contributed by atoms with Crippen LogP contribution in [0.1, 0.15) is 88.5 Å². The molecule has 2 aromatic carbocycles. The van der Waals surface area contributed by atoms with Gasteiger partial charge >= 0.3 is 0 Å². The van der Waals surface area contributed by atoms with Crippen LogP contribution in [0.3, 0.4) is 0 Å². The van der Waals surface area contributed by atoms with Crippen LogP contribution in [-0.2, 0) is 24.7 Å². The van der Waals surface area contributed by atoms with E-state index in [-0.39, 0.29) is 5.41 Å². The van der Waals surface area contributed by atoms with E-state index < -0.39 is 0 Å². The molecule has 0 aliphatic rings. The number of phenols is 1. The molecule has 0 atom stereocenters. The van der Waals surface area contributed by atoms with Crippen LogP contribution in [-0.4, -0.2) is 5.11 Å². The van der Waals surface area contributed by atoms with Crippen LogP contribution in [0.25, 0.3) is 0 Å². The van der Waals surface area contributed by atoms with E-state index in [1.54, 1.807) is 17.2 Å². The minimum Gasteiger partial charge on any atom is -0.508 e. The van der Waals surface area contributed by atoms with Crippen molar-refractivity contribution in [3.05, 3.63) is 64.7 Å². The van der Waals surface area contributed by atoms with E-state index in [0.717, 1.165) is 12.0 Å². The van der Waals surface area contributed by atoms with Crippen molar-refractivity contribution in [2.24, 2.45) is 0 Å². The zero-order valence-electron chi connectivity index (χ0n) is 17.9. The lowest BCUT2D eigenvalue weighted by atomic mass is 9.74. The van der Waals surface area contributed by atoms with Crippen LogP contribution in [0.4, 0.5) is 0 Å². The Bertz CT molecular complexity index is 699. The summed E-state index contributed by atoms with van der Waals surface area (Å²) >= 11 is 0. The highest BCUT2D eigenvalue weighted by Crippen LogP contribution is 2.35. The molecule has 2 aromatic rings. The molecular weight excluding hydrogens is 328 g/mol. The van der Waals surface area contributed by atoms with E-state index in [0.29, 0.717) is 5.75 Å². The van der Waals surface area contributed by atoms with Gasteiger partial charge in [-0.25, -0.2) is 0 Å². The number of hydrogen-bond acceptors (Lipinski definition) is 1. The molecule has 0 bridgehead atoms. The van der Waals surface area contributed by atoms with Crippen LogP contribution in [0.2, 0.25) is 0 Å². The van der Waals surface area contributed by atoms with E-state index in [1.807, 2.05) is 12.1 Å². The summed E-state index contributed by atoms with van der Waals surface area (Å²) in [6.07, 6.45) is 10.9. The summed E-state index contributed by atoms with van der Waals surface area (Å²) in [5.41, 5.74) is 5.63. The number of rotatable bonds is 11. The Balaban J connectivity index is 2.33. The molecule has 148 valence electrons. The van der Waals surface area contributed by atoms with Crippen LogP contribution >= 0.6 is 0 Å². The summed E-state index contributed by atoms with van der Waals surface area (Å²) in [6.45, 7) is 9.20. The quantitative estimate of drug-likeness (QED) is 0.411. The molecule has 0 aromatic heterocycles. The highest BCUT2D eigenvalue weighted by molar-refractivity contribution is 5.42. The molecule has 0 aliphatic heterocycles. The van der Waals surface area contributed by atoms with Crippen molar-refractivity contribution in [1.29, 1.82) is 0 Å². The molecule has 0 unspecified atom stereocenters. The minimum absolute atomic E-state index is 0.00114. The molecule has 27 heavy (non-hydrogen) atoms. The first-order valence-corrected chi connectivity index (χ1v) is 10.9. The van der Waals surface area contributed by atoms with Gasteiger partial charge in [0.05, 0.1) is 0 Å².